The Morgan fingerprint density at radius 2 is 2.11 bits per heavy atom. The van der Waals surface area contributed by atoms with Crippen LogP contribution in [0.4, 0.5) is 21.8 Å². The molecule has 9 heteroatoms. The van der Waals surface area contributed by atoms with Gasteiger partial charge in [-0.1, -0.05) is 13.3 Å². The lowest BCUT2D eigenvalue weighted by Crippen LogP contribution is -2.27. The highest BCUT2D eigenvalue weighted by molar-refractivity contribution is 5.85. The van der Waals surface area contributed by atoms with E-state index in [0.29, 0.717) is 11.6 Å². The molecule has 3 rings (SSSR count). The van der Waals surface area contributed by atoms with Crippen LogP contribution in [-0.4, -0.2) is 29.1 Å². The standard InChI is InChI=1S/C18H21FN6.2ClH/c1-2-3-14-9-17(25-7-6-13(21)11-25)24-18(22-14)23-15-4-5-16(19)12(8-15)10-20;;/h4-5,8-9,13H,2-3,6-7,11,21H2,1H3,(H,22,23,24);2*1H. The summed E-state index contributed by atoms with van der Waals surface area (Å²) < 4.78 is 13.5. The van der Waals surface area contributed by atoms with E-state index < -0.39 is 5.82 Å². The average molecular weight is 413 g/mol. The fourth-order valence-corrected chi connectivity index (χ4v) is 2.90. The molecule has 1 aromatic carbocycles. The first kappa shape index (κ1) is 22.9. The minimum absolute atomic E-state index is 0. The lowest BCUT2D eigenvalue weighted by atomic mass is 10.2. The van der Waals surface area contributed by atoms with Crippen molar-refractivity contribution in [1.82, 2.24) is 9.97 Å². The minimum atomic E-state index is -0.541. The van der Waals surface area contributed by atoms with Gasteiger partial charge in [0.25, 0.3) is 0 Å². The molecule has 2 aromatic rings. The Kier molecular flexibility index (Phi) is 8.70. The number of nitrogens with one attached hydrogen (secondary N) is 1. The molecule has 27 heavy (non-hydrogen) atoms. The van der Waals surface area contributed by atoms with E-state index in [1.54, 1.807) is 6.07 Å². The van der Waals surface area contributed by atoms with Crippen molar-refractivity contribution in [2.75, 3.05) is 23.3 Å². The van der Waals surface area contributed by atoms with E-state index in [0.717, 1.165) is 43.9 Å². The van der Waals surface area contributed by atoms with E-state index in [1.807, 2.05) is 12.1 Å². The lowest BCUT2D eigenvalue weighted by molar-refractivity contribution is 0.624. The van der Waals surface area contributed by atoms with E-state index in [9.17, 15) is 4.39 Å². The second-order valence-corrected chi connectivity index (χ2v) is 6.22. The number of nitrogens with zero attached hydrogens (tertiary/aromatic N) is 4. The first-order valence-electron chi connectivity index (χ1n) is 8.44. The molecule has 1 aliphatic heterocycles. The summed E-state index contributed by atoms with van der Waals surface area (Å²) in [5, 5.41) is 12.0. The Morgan fingerprint density at radius 1 is 1.33 bits per heavy atom. The summed E-state index contributed by atoms with van der Waals surface area (Å²) >= 11 is 0. The first-order chi connectivity index (χ1) is 12.1. The number of aromatic nitrogens is 2. The fourth-order valence-electron chi connectivity index (χ4n) is 2.90. The van der Waals surface area contributed by atoms with Gasteiger partial charge < -0.3 is 16.0 Å². The molecule has 146 valence electrons. The highest BCUT2D eigenvalue weighted by Crippen LogP contribution is 2.23. The van der Waals surface area contributed by atoms with Crippen molar-refractivity contribution < 1.29 is 4.39 Å². The Hall–Kier alpha value is -2.14. The first-order valence-corrected chi connectivity index (χ1v) is 8.44. The Bertz CT molecular complexity index is 811. The number of rotatable bonds is 5. The molecule has 1 atom stereocenters. The third kappa shape index (κ3) is 5.67. The molecule has 3 N–H and O–H groups in total. The van der Waals surface area contributed by atoms with Crippen LogP contribution < -0.4 is 16.0 Å². The second-order valence-electron chi connectivity index (χ2n) is 6.22. The number of anilines is 3. The van der Waals surface area contributed by atoms with Crippen molar-refractivity contribution in [2.45, 2.75) is 32.2 Å². The zero-order valence-electron chi connectivity index (χ0n) is 15.0. The zero-order valence-corrected chi connectivity index (χ0v) is 16.6. The van der Waals surface area contributed by atoms with E-state index in [1.165, 1.54) is 12.1 Å². The van der Waals surface area contributed by atoms with Crippen LogP contribution in [0.3, 0.4) is 0 Å². The monoisotopic (exact) mass is 412 g/mol. The fraction of sp³-hybridized carbons (Fsp3) is 0.389. The smallest absolute Gasteiger partial charge is 0.229 e. The van der Waals surface area contributed by atoms with Crippen molar-refractivity contribution in [3.8, 4) is 6.07 Å². The molecule has 0 bridgehead atoms. The quantitative estimate of drug-likeness (QED) is 0.779. The predicted molar refractivity (Wildman–Crippen MR) is 110 cm³/mol. The summed E-state index contributed by atoms with van der Waals surface area (Å²) in [6.45, 7) is 3.75. The summed E-state index contributed by atoms with van der Waals surface area (Å²) in [6.07, 6.45) is 2.76. The van der Waals surface area contributed by atoms with Gasteiger partial charge in [-0.05, 0) is 31.0 Å². The summed E-state index contributed by atoms with van der Waals surface area (Å²) in [5.74, 6) is 0.744. The van der Waals surface area contributed by atoms with Crippen molar-refractivity contribution in [3.63, 3.8) is 0 Å². The molecule has 0 radical (unpaired) electrons. The second kappa shape index (κ2) is 10.3. The Labute approximate surface area is 170 Å². The molecule has 0 aliphatic carbocycles. The van der Waals surface area contributed by atoms with Gasteiger partial charge in [-0.25, -0.2) is 9.37 Å². The topological polar surface area (TPSA) is 90.9 Å². The lowest BCUT2D eigenvalue weighted by Gasteiger charge is -2.19. The molecule has 1 fully saturated rings. The number of halogens is 3. The largest absolute Gasteiger partial charge is 0.355 e. The van der Waals surface area contributed by atoms with Crippen molar-refractivity contribution >= 4 is 42.3 Å². The maximum atomic E-state index is 13.5. The van der Waals surface area contributed by atoms with Gasteiger partial charge in [0.2, 0.25) is 5.95 Å². The van der Waals surface area contributed by atoms with Gasteiger partial charge >= 0.3 is 0 Å². The molecule has 0 amide bonds. The maximum Gasteiger partial charge on any atom is 0.229 e. The van der Waals surface area contributed by atoms with Crippen LogP contribution in [0.1, 0.15) is 31.0 Å². The number of nitriles is 1. The summed E-state index contributed by atoms with van der Waals surface area (Å²) in [5.41, 5.74) is 7.51. The number of benzene rings is 1. The van der Waals surface area contributed by atoms with Crippen LogP contribution in [0.15, 0.2) is 24.3 Å². The molecule has 1 aromatic heterocycles. The van der Waals surface area contributed by atoms with Gasteiger partial charge in [-0.2, -0.15) is 10.2 Å². The molecular formula is C18H23Cl2FN6. The molecule has 1 aliphatic rings. The molecular weight excluding hydrogens is 390 g/mol. The van der Waals surface area contributed by atoms with E-state index in [4.69, 9.17) is 11.0 Å². The number of aryl methyl sites for hydroxylation is 1. The third-order valence-electron chi connectivity index (χ3n) is 4.16. The Balaban J connectivity index is 0.00000182. The molecule has 1 unspecified atom stereocenters. The van der Waals surface area contributed by atoms with Crippen LogP contribution >= 0.6 is 24.8 Å². The zero-order chi connectivity index (χ0) is 17.8. The van der Waals surface area contributed by atoms with Crippen molar-refractivity contribution in [2.24, 2.45) is 5.73 Å². The summed E-state index contributed by atoms with van der Waals surface area (Å²) in [6, 6.07) is 8.28. The highest BCUT2D eigenvalue weighted by Gasteiger charge is 2.21. The van der Waals surface area contributed by atoms with Crippen LogP contribution in [0.2, 0.25) is 0 Å². The summed E-state index contributed by atoms with van der Waals surface area (Å²) in [7, 11) is 0. The van der Waals surface area contributed by atoms with Gasteiger partial charge in [0.05, 0.1) is 5.56 Å². The van der Waals surface area contributed by atoms with E-state index >= 15 is 0 Å². The maximum absolute atomic E-state index is 13.5. The van der Waals surface area contributed by atoms with Crippen LogP contribution in [0.5, 0.6) is 0 Å². The highest BCUT2D eigenvalue weighted by atomic mass is 35.5. The SMILES string of the molecule is CCCc1cc(N2CCC(N)C2)nc(Nc2ccc(F)c(C#N)c2)n1.Cl.Cl. The number of nitrogens with two attached hydrogens (primary N) is 1. The van der Waals surface area contributed by atoms with Gasteiger partial charge in [0.15, 0.2) is 0 Å². The van der Waals surface area contributed by atoms with Gasteiger partial charge in [0.1, 0.15) is 17.7 Å². The van der Waals surface area contributed by atoms with Crippen molar-refractivity contribution in [3.05, 3.63) is 41.3 Å². The average Bonchev–Trinajstić information content (AvgIpc) is 3.03. The predicted octanol–water partition coefficient (Wildman–Crippen LogP) is 3.56. The Morgan fingerprint density at radius 3 is 2.74 bits per heavy atom. The van der Waals surface area contributed by atoms with E-state index in [-0.39, 0.29) is 36.4 Å². The third-order valence-corrected chi connectivity index (χ3v) is 4.16. The van der Waals surface area contributed by atoms with Crippen LogP contribution in [0, 0.1) is 17.1 Å². The molecule has 1 saturated heterocycles. The normalized spacial score (nSPS) is 15.5. The van der Waals surface area contributed by atoms with Gasteiger partial charge in [-0.15, -0.1) is 24.8 Å². The van der Waals surface area contributed by atoms with Crippen LogP contribution in [0.25, 0.3) is 0 Å². The molecule has 6 nitrogen and oxygen atoms in total. The number of hydrogen-bond donors (Lipinski definition) is 2. The molecule has 2 heterocycles. The number of hydrogen-bond acceptors (Lipinski definition) is 6. The van der Waals surface area contributed by atoms with Gasteiger partial charge in [-0.3, -0.25) is 0 Å². The summed E-state index contributed by atoms with van der Waals surface area (Å²) in [4.78, 5) is 11.3. The molecule has 0 saturated carbocycles. The van der Waals surface area contributed by atoms with Gasteiger partial charge in [0, 0.05) is 36.6 Å². The minimum Gasteiger partial charge on any atom is -0.355 e. The van der Waals surface area contributed by atoms with Crippen molar-refractivity contribution in [1.29, 1.82) is 5.26 Å². The van der Waals surface area contributed by atoms with Crippen LogP contribution in [-0.2, 0) is 6.42 Å². The van der Waals surface area contributed by atoms with E-state index in [2.05, 4.69) is 27.1 Å². The molecule has 0 spiro atoms.